The van der Waals surface area contributed by atoms with E-state index in [0.717, 1.165) is 24.8 Å². The molecule has 0 saturated carbocycles. The first kappa shape index (κ1) is 29.5. The summed E-state index contributed by atoms with van der Waals surface area (Å²) in [5.74, 6) is 0.0299. The van der Waals surface area contributed by atoms with Crippen molar-refractivity contribution in [2.75, 3.05) is 45.1 Å². The van der Waals surface area contributed by atoms with Gasteiger partial charge < -0.3 is 10.1 Å². The lowest BCUT2D eigenvalue weighted by molar-refractivity contribution is -0.126. The van der Waals surface area contributed by atoms with Crippen molar-refractivity contribution < 1.29 is 26.4 Å². The zero-order chi connectivity index (χ0) is 27.7. The largest absolute Gasteiger partial charge is 0.492 e. The highest BCUT2D eigenvalue weighted by atomic mass is 32.2. The van der Waals surface area contributed by atoms with Gasteiger partial charge in [-0.15, -0.1) is 0 Å². The van der Waals surface area contributed by atoms with Crippen molar-refractivity contribution in [2.45, 2.75) is 49.8 Å². The summed E-state index contributed by atoms with van der Waals surface area (Å²) in [5.41, 5.74) is 1.12. The van der Waals surface area contributed by atoms with Crippen molar-refractivity contribution in [1.29, 1.82) is 0 Å². The molecule has 2 aromatic rings. The lowest BCUT2D eigenvalue weighted by Gasteiger charge is -2.31. The van der Waals surface area contributed by atoms with Gasteiger partial charge in [0.1, 0.15) is 12.4 Å². The molecule has 0 radical (unpaired) electrons. The smallest absolute Gasteiger partial charge is 0.243 e. The molecule has 214 valence electrons. The predicted octanol–water partition coefficient (Wildman–Crippen LogP) is 3.03. The second kappa shape index (κ2) is 13.7. The Morgan fingerprint density at radius 3 is 2.28 bits per heavy atom. The number of ether oxygens (including phenoxy) is 1. The number of aryl methyl sites for hydroxylation is 1. The Labute approximate surface area is 232 Å². The molecule has 2 fully saturated rings. The van der Waals surface area contributed by atoms with E-state index in [4.69, 9.17) is 4.74 Å². The maximum atomic E-state index is 12.9. The number of hydrogen-bond acceptors (Lipinski definition) is 6. The van der Waals surface area contributed by atoms with Crippen LogP contribution in [0.15, 0.2) is 59.5 Å². The number of benzene rings is 2. The second-order valence-corrected chi connectivity index (χ2v) is 14.2. The third-order valence-corrected chi connectivity index (χ3v) is 11.1. The lowest BCUT2D eigenvalue weighted by Crippen LogP contribution is -2.46. The molecule has 1 unspecified atom stereocenters. The van der Waals surface area contributed by atoms with Crippen molar-refractivity contribution in [3.05, 3.63) is 60.2 Å². The van der Waals surface area contributed by atoms with Crippen molar-refractivity contribution in [3.63, 3.8) is 0 Å². The first-order chi connectivity index (χ1) is 18.8. The van der Waals surface area contributed by atoms with Crippen LogP contribution < -0.4 is 10.1 Å². The molecule has 2 aliphatic rings. The lowest BCUT2D eigenvalue weighted by atomic mass is 9.99. The summed E-state index contributed by atoms with van der Waals surface area (Å²) in [6.07, 6.45) is 5.37. The minimum atomic E-state index is -3.49. The molecule has 0 aliphatic carbocycles. The van der Waals surface area contributed by atoms with E-state index in [1.165, 1.54) is 8.61 Å². The Hall–Kier alpha value is -2.47. The van der Waals surface area contributed by atoms with Crippen LogP contribution in [0.4, 0.5) is 0 Å². The van der Waals surface area contributed by atoms with E-state index >= 15 is 0 Å². The summed E-state index contributed by atoms with van der Waals surface area (Å²) in [6.45, 7) is 2.25. The molecule has 9 nitrogen and oxygen atoms in total. The molecule has 2 heterocycles. The summed E-state index contributed by atoms with van der Waals surface area (Å²) in [7, 11) is -6.91. The summed E-state index contributed by atoms with van der Waals surface area (Å²) >= 11 is 0. The van der Waals surface area contributed by atoms with E-state index < -0.39 is 20.0 Å². The predicted molar refractivity (Wildman–Crippen MR) is 150 cm³/mol. The van der Waals surface area contributed by atoms with Gasteiger partial charge in [-0.05, 0) is 68.4 Å². The highest BCUT2D eigenvalue weighted by Gasteiger charge is 2.32. The summed E-state index contributed by atoms with van der Waals surface area (Å²) in [4.78, 5) is 13.0. The molecule has 0 spiro atoms. The first-order valence-electron chi connectivity index (χ1n) is 13.8. The van der Waals surface area contributed by atoms with Crippen molar-refractivity contribution in [2.24, 2.45) is 5.92 Å². The fraction of sp³-hybridized carbons (Fsp3) is 0.536. The maximum Gasteiger partial charge on any atom is 0.243 e. The second-order valence-electron chi connectivity index (χ2n) is 10.2. The van der Waals surface area contributed by atoms with Crippen LogP contribution in [0.3, 0.4) is 0 Å². The van der Waals surface area contributed by atoms with Gasteiger partial charge in [-0.25, -0.2) is 21.1 Å². The Morgan fingerprint density at radius 2 is 1.56 bits per heavy atom. The van der Waals surface area contributed by atoms with Gasteiger partial charge >= 0.3 is 0 Å². The topological polar surface area (TPSA) is 113 Å². The molecule has 4 rings (SSSR count). The van der Waals surface area contributed by atoms with Crippen molar-refractivity contribution in [3.8, 4) is 5.75 Å². The maximum absolute atomic E-state index is 12.9. The molecule has 1 N–H and O–H groups in total. The molecular formula is C28H39N3O6S2. The molecule has 2 aliphatic heterocycles. The standard InChI is InChI=1S/C28H39N3O6S2/c32-28(25-12-7-20-31(23-25)38(33,34)22-8-11-24-9-3-1-4-10-24)29-17-21-37-26-13-15-27(16-14-26)39(35,36)30-18-5-2-6-19-30/h1,3-4,9-10,13-16,25H,2,5-8,11-12,17-23H2,(H,29,32). The zero-order valence-corrected chi connectivity index (χ0v) is 24.0. The average molecular weight is 578 g/mol. The number of piperidine rings is 2. The van der Waals surface area contributed by atoms with Crippen LogP contribution in [0.2, 0.25) is 0 Å². The van der Waals surface area contributed by atoms with Crippen molar-refractivity contribution >= 4 is 26.0 Å². The highest BCUT2D eigenvalue weighted by molar-refractivity contribution is 7.89. The average Bonchev–Trinajstić information content (AvgIpc) is 2.96. The van der Waals surface area contributed by atoms with E-state index in [1.54, 1.807) is 24.3 Å². The number of sulfonamides is 2. The van der Waals surface area contributed by atoms with Crippen LogP contribution in [-0.2, 0) is 31.3 Å². The Balaban J connectivity index is 1.18. The van der Waals surface area contributed by atoms with Gasteiger partial charge in [0, 0.05) is 26.2 Å². The first-order valence-corrected chi connectivity index (χ1v) is 16.8. The fourth-order valence-electron chi connectivity index (χ4n) is 5.09. The van der Waals surface area contributed by atoms with Gasteiger partial charge in [0.05, 0.1) is 23.1 Å². The van der Waals surface area contributed by atoms with Crippen LogP contribution in [0.5, 0.6) is 5.75 Å². The Morgan fingerprint density at radius 1 is 0.872 bits per heavy atom. The van der Waals surface area contributed by atoms with E-state index in [9.17, 15) is 21.6 Å². The number of hydrogen-bond donors (Lipinski definition) is 1. The van der Waals surface area contributed by atoms with Crippen LogP contribution in [-0.4, -0.2) is 76.4 Å². The van der Waals surface area contributed by atoms with Gasteiger partial charge in [0.2, 0.25) is 26.0 Å². The Kier molecular flexibility index (Phi) is 10.4. The molecule has 0 aromatic heterocycles. The van der Waals surface area contributed by atoms with E-state index in [2.05, 4.69) is 5.32 Å². The van der Waals surface area contributed by atoms with Gasteiger partial charge in [0.15, 0.2) is 0 Å². The Bertz CT molecular complexity index is 1280. The van der Waals surface area contributed by atoms with E-state index in [1.807, 2.05) is 30.3 Å². The minimum Gasteiger partial charge on any atom is -0.492 e. The summed E-state index contributed by atoms with van der Waals surface area (Å²) in [6, 6.07) is 16.2. The van der Waals surface area contributed by atoms with E-state index in [0.29, 0.717) is 51.1 Å². The highest BCUT2D eigenvalue weighted by Crippen LogP contribution is 2.23. The fourth-order valence-corrected chi connectivity index (χ4v) is 8.19. The van der Waals surface area contributed by atoms with Gasteiger partial charge in [0.25, 0.3) is 0 Å². The monoisotopic (exact) mass is 577 g/mol. The van der Waals surface area contributed by atoms with Crippen LogP contribution in [0, 0.1) is 5.92 Å². The number of amides is 1. The third kappa shape index (κ3) is 8.26. The summed E-state index contributed by atoms with van der Waals surface area (Å²) in [5, 5.41) is 2.85. The molecule has 39 heavy (non-hydrogen) atoms. The number of nitrogens with zero attached hydrogens (tertiary/aromatic N) is 2. The molecule has 11 heteroatoms. The number of nitrogens with one attached hydrogen (secondary N) is 1. The normalized spacial score (nSPS) is 19.4. The molecule has 0 bridgehead atoms. The molecule has 1 atom stereocenters. The van der Waals surface area contributed by atoms with Crippen LogP contribution in [0.25, 0.3) is 0 Å². The number of carbonyl (C=O) groups is 1. The van der Waals surface area contributed by atoms with Gasteiger partial charge in [-0.3, -0.25) is 4.79 Å². The third-order valence-electron chi connectivity index (χ3n) is 7.31. The van der Waals surface area contributed by atoms with Crippen LogP contribution >= 0.6 is 0 Å². The molecule has 1 amide bonds. The number of rotatable bonds is 12. The van der Waals surface area contributed by atoms with E-state index in [-0.39, 0.29) is 42.2 Å². The molecule has 2 saturated heterocycles. The summed E-state index contributed by atoms with van der Waals surface area (Å²) < 4.78 is 60.0. The van der Waals surface area contributed by atoms with Gasteiger partial charge in [-0.2, -0.15) is 4.31 Å². The minimum absolute atomic E-state index is 0.0716. The van der Waals surface area contributed by atoms with Gasteiger partial charge in [-0.1, -0.05) is 36.8 Å². The molecule has 2 aromatic carbocycles. The van der Waals surface area contributed by atoms with Crippen LogP contribution in [0.1, 0.15) is 44.1 Å². The zero-order valence-electron chi connectivity index (χ0n) is 22.3. The molecular weight excluding hydrogens is 538 g/mol. The SMILES string of the molecule is O=C(NCCOc1ccc(S(=O)(=O)N2CCCCC2)cc1)C1CCCN(S(=O)(=O)CCCc2ccccc2)C1. The quantitative estimate of drug-likeness (QED) is 0.388. The number of carbonyl (C=O) groups excluding carboxylic acids is 1. The van der Waals surface area contributed by atoms with Crippen molar-refractivity contribution in [1.82, 2.24) is 13.9 Å².